The van der Waals surface area contributed by atoms with Crippen LogP contribution in [-0.2, 0) is 16.5 Å². The smallest absolute Gasteiger partial charge is 0.385 e. The van der Waals surface area contributed by atoms with Crippen molar-refractivity contribution < 1.29 is 27.8 Å². The molecule has 0 heterocycles. The van der Waals surface area contributed by atoms with E-state index in [1.165, 1.54) is 44.2 Å². The van der Waals surface area contributed by atoms with Gasteiger partial charge in [-0.2, -0.15) is 13.2 Å². The van der Waals surface area contributed by atoms with Crippen LogP contribution in [0.25, 0.3) is 0 Å². The zero-order chi connectivity index (χ0) is 27.6. The van der Waals surface area contributed by atoms with Gasteiger partial charge in [-0.15, -0.1) is 0 Å². The van der Waals surface area contributed by atoms with Gasteiger partial charge in [-0.05, 0) is 74.0 Å². The van der Waals surface area contributed by atoms with Gasteiger partial charge in [0.1, 0.15) is 5.60 Å². The third kappa shape index (κ3) is 8.29. The molecule has 0 radical (unpaired) electrons. The van der Waals surface area contributed by atoms with E-state index in [-0.39, 0.29) is 23.9 Å². The molecule has 0 aliphatic heterocycles. The van der Waals surface area contributed by atoms with Crippen molar-refractivity contribution in [1.82, 2.24) is 10.6 Å². The predicted molar refractivity (Wildman–Crippen MR) is 143 cm³/mol. The fourth-order valence-corrected chi connectivity index (χ4v) is 5.49. The number of likely N-dealkylation sites (N-methyl/N-ethyl adjacent to an activating group) is 1. The Morgan fingerprint density at radius 2 is 1.68 bits per heavy atom. The minimum Gasteiger partial charge on any atom is -0.385 e. The molecule has 2 atom stereocenters. The maximum Gasteiger partial charge on any atom is 0.416 e. The normalized spacial score (nSPS) is 17.1. The van der Waals surface area contributed by atoms with E-state index in [9.17, 15) is 23.1 Å². The largest absolute Gasteiger partial charge is 0.416 e. The zero-order valence-electron chi connectivity index (χ0n) is 22.4. The highest BCUT2D eigenvalue weighted by molar-refractivity contribution is 5.94. The molecule has 1 fully saturated rings. The highest BCUT2D eigenvalue weighted by atomic mass is 19.4. The third-order valence-corrected chi connectivity index (χ3v) is 7.54. The van der Waals surface area contributed by atoms with Gasteiger partial charge in [0, 0.05) is 31.9 Å². The van der Waals surface area contributed by atoms with Gasteiger partial charge in [-0.1, -0.05) is 56.4 Å². The molecule has 2 aromatic carbocycles. The number of unbranched alkanes of at least 4 members (excludes halogenated alkanes) is 1. The molecule has 38 heavy (non-hydrogen) atoms. The lowest BCUT2D eigenvalue weighted by Gasteiger charge is -2.31. The van der Waals surface area contributed by atoms with Gasteiger partial charge in [-0.3, -0.25) is 4.79 Å². The number of hydrogen-bond donors (Lipinski definition) is 3. The first-order valence-electron chi connectivity index (χ1n) is 13.6. The van der Waals surface area contributed by atoms with Crippen LogP contribution in [0.3, 0.4) is 0 Å². The van der Waals surface area contributed by atoms with Crippen LogP contribution in [-0.4, -0.2) is 44.4 Å². The molecule has 0 bridgehead atoms. The van der Waals surface area contributed by atoms with Crippen LogP contribution in [0.2, 0.25) is 0 Å². The quantitative estimate of drug-likeness (QED) is 0.274. The summed E-state index contributed by atoms with van der Waals surface area (Å²) in [6.07, 6.45) is 3.82. The summed E-state index contributed by atoms with van der Waals surface area (Å²) in [7, 11) is 3.44. The fourth-order valence-electron chi connectivity index (χ4n) is 5.49. The third-order valence-electron chi connectivity index (χ3n) is 7.54. The molecule has 5 nitrogen and oxygen atoms in total. The molecule has 1 aliphatic carbocycles. The average molecular weight is 535 g/mol. The van der Waals surface area contributed by atoms with Gasteiger partial charge in [-0.25, -0.2) is 0 Å². The maximum absolute atomic E-state index is 13.5. The van der Waals surface area contributed by atoms with Crippen molar-refractivity contribution in [3.05, 3.63) is 70.8 Å². The van der Waals surface area contributed by atoms with Crippen LogP contribution in [0, 0.1) is 5.92 Å². The number of nitrogens with one attached hydrogen (secondary N) is 2. The Balaban J connectivity index is 1.87. The molecule has 210 valence electrons. The summed E-state index contributed by atoms with van der Waals surface area (Å²) in [6.45, 7) is 1.13. The van der Waals surface area contributed by atoms with E-state index in [1.807, 2.05) is 7.05 Å². The fraction of sp³-hybridized carbons (Fsp3) is 0.567. The SMILES string of the molecule is CNC[C@H](CC1CCCCC1)NC(=O)c1cccc([C@@](O)(CCCCOC)c2cccc(C(F)(F)F)c2)c1. The van der Waals surface area contributed by atoms with E-state index in [0.717, 1.165) is 18.6 Å². The van der Waals surface area contributed by atoms with Crippen LogP contribution in [0.1, 0.15) is 84.8 Å². The summed E-state index contributed by atoms with van der Waals surface area (Å²) in [5, 5.41) is 18.2. The van der Waals surface area contributed by atoms with Crippen LogP contribution < -0.4 is 10.6 Å². The van der Waals surface area contributed by atoms with E-state index >= 15 is 0 Å². The lowest BCUT2D eigenvalue weighted by Crippen LogP contribution is -2.42. The highest BCUT2D eigenvalue weighted by Crippen LogP contribution is 2.38. The number of amides is 1. The number of alkyl halides is 3. The summed E-state index contributed by atoms with van der Waals surface area (Å²) in [6, 6.07) is 11.4. The van der Waals surface area contributed by atoms with Gasteiger partial charge in [0.25, 0.3) is 5.91 Å². The Hall–Kier alpha value is -2.42. The molecule has 8 heteroatoms. The number of ether oxygens (including phenoxy) is 1. The first-order chi connectivity index (χ1) is 18.2. The summed E-state index contributed by atoms with van der Waals surface area (Å²) in [5.74, 6) is 0.334. The number of methoxy groups -OCH3 is 1. The lowest BCUT2D eigenvalue weighted by molar-refractivity contribution is -0.137. The average Bonchev–Trinajstić information content (AvgIpc) is 2.91. The van der Waals surface area contributed by atoms with Crippen LogP contribution in [0.15, 0.2) is 48.5 Å². The van der Waals surface area contributed by atoms with Crippen molar-refractivity contribution in [1.29, 1.82) is 0 Å². The molecule has 2 aromatic rings. The first kappa shape index (κ1) is 30.1. The minimum absolute atomic E-state index is 0.0318. The maximum atomic E-state index is 13.5. The molecule has 1 amide bonds. The Kier molecular flexibility index (Phi) is 11.2. The molecule has 0 aromatic heterocycles. The second kappa shape index (κ2) is 14.1. The predicted octanol–water partition coefficient (Wildman–Crippen LogP) is 6.05. The van der Waals surface area contributed by atoms with E-state index < -0.39 is 17.3 Å². The molecular weight excluding hydrogens is 493 g/mol. The molecule has 0 spiro atoms. The summed E-state index contributed by atoms with van der Waals surface area (Å²) in [5.41, 5.74) is -1.61. The number of rotatable bonds is 13. The Morgan fingerprint density at radius 1 is 1.03 bits per heavy atom. The topological polar surface area (TPSA) is 70.6 Å². The number of aliphatic hydroxyl groups is 1. The minimum atomic E-state index is -4.53. The second-order valence-corrected chi connectivity index (χ2v) is 10.4. The lowest BCUT2D eigenvalue weighted by atomic mass is 9.81. The molecule has 1 saturated carbocycles. The summed E-state index contributed by atoms with van der Waals surface area (Å²) in [4.78, 5) is 13.3. The number of benzene rings is 2. The van der Waals surface area contributed by atoms with Gasteiger partial charge < -0.3 is 20.5 Å². The molecule has 3 N–H and O–H groups in total. The van der Waals surface area contributed by atoms with E-state index in [0.29, 0.717) is 43.0 Å². The van der Waals surface area contributed by atoms with Crippen LogP contribution in [0.5, 0.6) is 0 Å². The standard InChI is InChI=1S/C30H41F3N2O3/c1-34-21-27(18-22-10-4-3-5-11-22)35-28(36)23-12-8-13-24(19-23)29(37,16-6-7-17-38-2)25-14-9-15-26(20-25)30(31,32)33/h8-9,12-15,19-20,22,27,34,37H,3-7,10-11,16-18,21H2,1-2H3,(H,35,36)/t27-,29-/m0/s1. The van der Waals surface area contributed by atoms with Gasteiger partial charge in [0.15, 0.2) is 0 Å². The first-order valence-corrected chi connectivity index (χ1v) is 13.6. The second-order valence-electron chi connectivity index (χ2n) is 10.4. The van der Waals surface area contributed by atoms with Crippen molar-refractivity contribution >= 4 is 5.91 Å². The monoisotopic (exact) mass is 534 g/mol. The van der Waals surface area contributed by atoms with Gasteiger partial charge in [0.2, 0.25) is 0 Å². The summed E-state index contributed by atoms with van der Waals surface area (Å²) >= 11 is 0. The highest BCUT2D eigenvalue weighted by Gasteiger charge is 2.36. The van der Waals surface area contributed by atoms with Crippen molar-refractivity contribution in [2.75, 3.05) is 27.3 Å². The Morgan fingerprint density at radius 3 is 2.34 bits per heavy atom. The molecule has 3 rings (SSSR count). The van der Waals surface area contributed by atoms with Crippen LogP contribution >= 0.6 is 0 Å². The summed E-state index contributed by atoms with van der Waals surface area (Å²) < 4.78 is 45.5. The van der Waals surface area contributed by atoms with Gasteiger partial charge in [0.05, 0.1) is 5.56 Å². The molecule has 1 aliphatic rings. The number of carbonyl (C=O) groups is 1. The molecule has 0 unspecified atom stereocenters. The van der Waals surface area contributed by atoms with E-state index in [2.05, 4.69) is 10.6 Å². The molecule has 0 saturated heterocycles. The Labute approximate surface area is 224 Å². The Bertz CT molecular complexity index is 1020. The van der Waals surface area contributed by atoms with Crippen LogP contribution in [0.4, 0.5) is 13.2 Å². The number of carbonyl (C=O) groups excluding carboxylic acids is 1. The van der Waals surface area contributed by atoms with Gasteiger partial charge >= 0.3 is 6.18 Å². The van der Waals surface area contributed by atoms with Crippen molar-refractivity contribution in [2.24, 2.45) is 5.92 Å². The number of hydrogen-bond acceptors (Lipinski definition) is 4. The van der Waals surface area contributed by atoms with E-state index in [1.54, 1.807) is 31.4 Å². The number of halogens is 3. The van der Waals surface area contributed by atoms with Crippen molar-refractivity contribution in [3.63, 3.8) is 0 Å². The van der Waals surface area contributed by atoms with Crippen molar-refractivity contribution in [2.45, 2.75) is 75.6 Å². The van der Waals surface area contributed by atoms with Crippen molar-refractivity contribution in [3.8, 4) is 0 Å². The zero-order valence-corrected chi connectivity index (χ0v) is 22.4. The van der Waals surface area contributed by atoms with E-state index in [4.69, 9.17) is 4.74 Å². The molecular formula is C30H41F3N2O3.